The third-order valence-electron chi connectivity index (χ3n) is 3.90. The maximum absolute atomic E-state index is 12.9. The summed E-state index contributed by atoms with van der Waals surface area (Å²) in [5.41, 5.74) is 5.33. The van der Waals surface area contributed by atoms with Crippen molar-refractivity contribution in [1.82, 2.24) is 5.43 Å². The molecule has 0 atom stereocenters. The van der Waals surface area contributed by atoms with E-state index in [0.717, 1.165) is 4.47 Å². The van der Waals surface area contributed by atoms with Gasteiger partial charge in [-0.1, -0.05) is 72.8 Å². The number of hydrogen-bond acceptors (Lipinski definition) is 3. The number of benzene rings is 3. The predicted octanol–water partition coefficient (Wildman–Crippen LogP) is 3.83. The van der Waals surface area contributed by atoms with Crippen LogP contribution >= 0.6 is 15.9 Å². The lowest BCUT2D eigenvalue weighted by atomic mass is 9.85. The van der Waals surface area contributed by atoms with Crippen LogP contribution in [0.2, 0.25) is 0 Å². The Labute approximate surface area is 154 Å². The van der Waals surface area contributed by atoms with Crippen LogP contribution in [0.1, 0.15) is 11.1 Å². The number of hydrogen-bond donors (Lipinski definition) is 3. The summed E-state index contributed by atoms with van der Waals surface area (Å²) >= 11 is 3.41. The number of aliphatic hydroxyl groups is 1. The zero-order valence-electron chi connectivity index (χ0n) is 13.3. The standard InChI is InChI=1S/C20H17BrN2O2/c21-17-13-7-8-14-18(17)22-23-19(24)20(25,15-9-3-1-4-10-15)16-11-5-2-6-12-16/h1-14,22,25H,(H,23,24). The Bertz CT molecular complexity index is 814. The first kappa shape index (κ1) is 17.2. The quantitative estimate of drug-likeness (QED) is 0.574. The molecule has 25 heavy (non-hydrogen) atoms. The van der Waals surface area contributed by atoms with Crippen LogP contribution in [0.3, 0.4) is 0 Å². The van der Waals surface area contributed by atoms with E-state index in [-0.39, 0.29) is 0 Å². The first-order valence-corrected chi connectivity index (χ1v) is 8.56. The van der Waals surface area contributed by atoms with E-state index in [4.69, 9.17) is 0 Å². The summed E-state index contributed by atoms with van der Waals surface area (Å²) in [5, 5.41) is 11.3. The summed E-state index contributed by atoms with van der Waals surface area (Å²) in [6, 6.07) is 25.1. The van der Waals surface area contributed by atoms with Gasteiger partial charge in [-0.15, -0.1) is 0 Å². The van der Waals surface area contributed by atoms with Gasteiger partial charge >= 0.3 is 0 Å². The smallest absolute Gasteiger partial charge is 0.279 e. The van der Waals surface area contributed by atoms with E-state index < -0.39 is 11.5 Å². The third kappa shape index (κ3) is 3.57. The first-order chi connectivity index (χ1) is 12.1. The SMILES string of the molecule is O=C(NNc1ccccc1Br)C(O)(c1ccccc1)c1ccccc1. The van der Waals surface area contributed by atoms with E-state index in [2.05, 4.69) is 26.8 Å². The average molecular weight is 397 g/mol. The summed E-state index contributed by atoms with van der Waals surface area (Å²) in [7, 11) is 0. The van der Waals surface area contributed by atoms with E-state index in [1.165, 1.54) is 0 Å². The van der Waals surface area contributed by atoms with E-state index in [1.807, 2.05) is 36.4 Å². The van der Waals surface area contributed by atoms with Crippen molar-refractivity contribution in [3.8, 4) is 0 Å². The van der Waals surface area contributed by atoms with Crippen molar-refractivity contribution in [2.75, 3.05) is 5.43 Å². The highest BCUT2D eigenvalue weighted by atomic mass is 79.9. The lowest BCUT2D eigenvalue weighted by molar-refractivity contribution is -0.136. The van der Waals surface area contributed by atoms with E-state index in [0.29, 0.717) is 16.8 Å². The fourth-order valence-electron chi connectivity index (χ4n) is 2.56. The topological polar surface area (TPSA) is 61.4 Å². The minimum atomic E-state index is -1.81. The Balaban J connectivity index is 1.92. The minimum Gasteiger partial charge on any atom is -0.372 e. The van der Waals surface area contributed by atoms with Crippen LogP contribution < -0.4 is 10.9 Å². The van der Waals surface area contributed by atoms with Crippen molar-refractivity contribution in [2.45, 2.75) is 5.60 Å². The van der Waals surface area contributed by atoms with Gasteiger partial charge in [0.15, 0.2) is 5.60 Å². The van der Waals surface area contributed by atoms with Crippen LogP contribution in [-0.2, 0) is 10.4 Å². The number of rotatable bonds is 5. The Morgan fingerprint density at radius 3 is 1.80 bits per heavy atom. The highest BCUT2D eigenvalue weighted by Gasteiger charge is 2.39. The van der Waals surface area contributed by atoms with Crippen LogP contribution in [0, 0.1) is 0 Å². The van der Waals surface area contributed by atoms with Gasteiger partial charge in [-0.25, -0.2) is 0 Å². The van der Waals surface area contributed by atoms with Crippen LogP contribution in [0.25, 0.3) is 0 Å². The third-order valence-corrected chi connectivity index (χ3v) is 4.59. The van der Waals surface area contributed by atoms with Gasteiger partial charge in [0.2, 0.25) is 0 Å². The van der Waals surface area contributed by atoms with E-state index in [9.17, 15) is 9.90 Å². The van der Waals surface area contributed by atoms with Crippen molar-refractivity contribution < 1.29 is 9.90 Å². The molecule has 0 aliphatic heterocycles. The molecule has 0 bridgehead atoms. The van der Waals surface area contributed by atoms with Gasteiger partial charge < -0.3 is 5.11 Å². The Hall–Kier alpha value is -2.63. The van der Waals surface area contributed by atoms with Gasteiger partial charge in [-0.3, -0.25) is 15.6 Å². The number of nitrogens with one attached hydrogen (secondary N) is 2. The second kappa shape index (κ2) is 7.51. The molecule has 0 aliphatic carbocycles. The fourth-order valence-corrected chi connectivity index (χ4v) is 2.95. The molecule has 3 rings (SSSR count). The fraction of sp³-hybridized carbons (Fsp3) is 0.0500. The van der Waals surface area contributed by atoms with Crippen LogP contribution in [0.15, 0.2) is 89.4 Å². The second-order valence-electron chi connectivity index (χ2n) is 5.50. The number of amides is 1. The number of hydrazine groups is 1. The molecule has 0 unspecified atom stereocenters. The Morgan fingerprint density at radius 2 is 1.28 bits per heavy atom. The monoisotopic (exact) mass is 396 g/mol. The molecule has 4 nitrogen and oxygen atoms in total. The number of anilines is 1. The molecule has 0 aromatic heterocycles. The summed E-state index contributed by atoms with van der Waals surface area (Å²) in [5.74, 6) is -0.569. The van der Waals surface area contributed by atoms with Gasteiger partial charge in [-0.2, -0.15) is 0 Å². The highest BCUT2D eigenvalue weighted by molar-refractivity contribution is 9.10. The summed E-state index contributed by atoms with van der Waals surface area (Å²) in [6.07, 6.45) is 0. The number of carbonyl (C=O) groups excluding carboxylic acids is 1. The number of para-hydroxylation sites is 1. The molecule has 0 spiro atoms. The maximum atomic E-state index is 12.9. The van der Waals surface area contributed by atoms with Crippen LogP contribution in [0.4, 0.5) is 5.69 Å². The summed E-state index contributed by atoms with van der Waals surface area (Å²) in [4.78, 5) is 12.9. The average Bonchev–Trinajstić information content (AvgIpc) is 2.68. The molecule has 0 heterocycles. The molecule has 0 saturated heterocycles. The lowest BCUT2D eigenvalue weighted by Crippen LogP contribution is -2.47. The van der Waals surface area contributed by atoms with Crippen LogP contribution in [0.5, 0.6) is 0 Å². The Morgan fingerprint density at radius 1 is 0.800 bits per heavy atom. The van der Waals surface area contributed by atoms with Crippen LogP contribution in [-0.4, -0.2) is 11.0 Å². The molecule has 0 fully saturated rings. The van der Waals surface area contributed by atoms with Gasteiger partial charge in [0.1, 0.15) is 0 Å². The molecule has 0 saturated carbocycles. The maximum Gasteiger partial charge on any atom is 0.279 e. The van der Waals surface area contributed by atoms with Crippen molar-refractivity contribution in [2.24, 2.45) is 0 Å². The molecule has 3 N–H and O–H groups in total. The molecular formula is C20H17BrN2O2. The largest absolute Gasteiger partial charge is 0.372 e. The zero-order chi connectivity index (χ0) is 17.7. The second-order valence-corrected chi connectivity index (χ2v) is 6.36. The molecular weight excluding hydrogens is 380 g/mol. The molecule has 0 aliphatic rings. The van der Waals surface area contributed by atoms with Gasteiger partial charge in [0, 0.05) is 4.47 Å². The minimum absolute atomic E-state index is 0.493. The van der Waals surface area contributed by atoms with Gasteiger partial charge in [0.05, 0.1) is 5.69 Å². The van der Waals surface area contributed by atoms with Crippen molar-refractivity contribution in [1.29, 1.82) is 0 Å². The number of carbonyl (C=O) groups is 1. The van der Waals surface area contributed by atoms with Crippen molar-refractivity contribution >= 4 is 27.5 Å². The zero-order valence-corrected chi connectivity index (χ0v) is 14.9. The highest BCUT2D eigenvalue weighted by Crippen LogP contribution is 2.30. The molecule has 126 valence electrons. The number of halogens is 1. The van der Waals surface area contributed by atoms with Gasteiger partial charge in [0.25, 0.3) is 5.91 Å². The lowest BCUT2D eigenvalue weighted by Gasteiger charge is -2.28. The molecule has 0 radical (unpaired) electrons. The molecule has 3 aromatic rings. The normalized spacial score (nSPS) is 11.0. The Kier molecular flexibility index (Phi) is 5.16. The van der Waals surface area contributed by atoms with Crippen molar-refractivity contribution in [3.63, 3.8) is 0 Å². The van der Waals surface area contributed by atoms with Crippen molar-refractivity contribution in [3.05, 3.63) is 101 Å². The molecule has 1 amide bonds. The van der Waals surface area contributed by atoms with E-state index >= 15 is 0 Å². The van der Waals surface area contributed by atoms with Gasteiger partial charge in [-0.05, 0) is 39.2 Å². The first-order valence-electron chi connectivity index (χ1n) is 7.77. The summed E-state index contributed by atoms with van der Waals surface area (Å²) < 4.78 is 0.804. The van der Waals surface area contributed by atoms with E-state index in [1.54, 1.807) is 48.5 Å². The molecule has 3 aromatic carbocycles. The summed E-state index contributed by atoms with van der Waals surface area (Å²) in [6.45, 7) is 0. The predicted molar refractivity (Wildman–Crippen MR) is 102 cm³/mol. The molecule has 5 heteroatoms.